The third kappa shape index (κ3) is 4.80. The molecule has 0 saturated heterocycles. The van der Waals surface area contributed by atoms with Crippen molar-refractivity contribution in [3.05, 3.63) is 0 Å². The van der Waals surface area contributed by atoms with E-state index in [-0.39, 0.29) is 11.6 Å². The van der Waals surface area contributed by atoms with Crippen LogP contribution in [-0.4, -0.2) is 11.6 Å². The van der Waals surface area contributed by atoms with Gasteiger partial charge in [0.2, 0.25) is 0 Å². The topological polar surface area (TPSA) is 35.8 Å². The number of rotatable bonds is 4. The predicted octanol–water partition coefficient (Wildman–Crippen LogP) is 2.07. The third-order valence-electron chi connectivity index (χ3n) is 1.68. The van der Waals surface area contributed by atoms with E-state index in [1.54, 1.807) is 0 Å². The van der Waals surface area contributed by atoms with E-state index in [0.717, 1.165) is 12.8 Å². The van der Waals surface area contributed by atoms with Crippen molar-refractivity contribution in [2.45, 2.75) is 52.1 Å². The van der Waals surface area contributed by atoms with Crippen molar-refractivity contribution in [1.82, 2.24) is 5.32 Å². The Hall–Kier alpha value is -0.550. The van der Waals surface area contributed by atoms with Gasteiger partial charge >= 0.3 is 0 Å². The third-order valence-corrected chi connectivity index (χ3v) is 1.68. The fourth-order valence-electron chi connectivity index (χ4n) is 1.32. The smallest absolute Gasteiger partial charge is 0.0928 e. The molecule has 0 heterocycles. The van der Waals surface area contributed by atoms with Crippen molar-refractivity contribution in [3.63, 3.8) is 0 Å². The predicted molar refractivity (Wildman–Crippen MR) is 47.2 cm³/mol. The summed E-state index contributed by atoms with van der Waals surface area (Å²) < 4.78 is 0. The van der Waals surface area contributed by atoms with Crippen LogP contribution < -0.4 is 5.32 Å². The summed E-state index contributed by atoms with van der Waals surface area (Å²) in [6.07, 6.45) is 2.26. The van der Waals surface area contributed by atoms with E-state index in [2.05, 4.69) is 32.2 Å². The molecule has 11 heavy (non-hydrogen) atoms. The molecule has 0 aliphatic carbocycles. The fraction of sp³-hybridized carbons (Fsp3) is 0.889. The standard InChI is InChI=1S/C9H18N2/c1-5-6-9(3,4)11-8(2)7-10/h8,11H,5-6H2,1-4H3. The van der Waals surface area contributed by atoms with Gasteiger partial charge in [-0.2, -0.15) is 5.26 Å². The summed E-state index contributed by atoms with van der Waals surface area (Å²) in [5.41, 5.74) is 0.101. The molecule has 2 heteroatoms. The average molecular weight is 154 g/mol. The summed E-state index contributed by atoms with van der Waals surface area (Å²) >= 11 is 0. The molecule has 1 N–H and O–H groups in total. The highest BCUT2D eigenvalue weighted by Crippen LogP contribution is 2.11. The van der Waals surface area contributed by atoms with Crippen molar-refractivity contribution in [3.8, 4) is 6.07 Å². The second-order valence-corrected chi connectivity index (χ2v) is 3.63. The summed E-state index contributed by atoms with van der Waals surface area (Å²) in [5, 5.41) is 11.8. The molecule has 0 aromatic rings. The van der Waals surface area contributed by atoms with Crippen LogP contribution in [0.2, 0.25) is 0 Å². The summed E-state index contributed by atoms with van der Waals surface area (Å²) in [6.45, 7) is 8.30. The molecule has 0 aliphatic rings. The lowest BCUT2D eigenvalue weighted by atomic mass is 9.98. The minimum absolute atomic E-state index is 0.0449. The van der Waals surface area contributed by atoms with Crippen LogP contribution in [-0.2, 0) is 0 Å². The van der Waals surface area contributed by atoms with Gasteiger partial charge in [0, 0.05) is 5.54 Å². The van der Waals surface area contributed by atoms with Gasteiger partial charge in [0.25, 0.3) is 0 Å². The Labute approximate surface area is 69.6 Å². The number of nitriles is 1. The van der Waals surface area contributed by atoms with E-state index in [1.165, 1.54) is 0 Å². The van der Waals surface area contributed by atoms with Crippen LogP contribution in [0.25, 0.3) is 0 Å². The monoisotopic (exact) mass is 154 g/mol. The van der Waals surface area contributed by atoms with E-state index >= 15 is 0 Å². The molecule has 0 saturated carbocycles. The molecule has 0 rings (SSSR count). The Kier molecular flexibility index (Phi) is 4.14. The molecule has 0 bridgehead atoms. The van der Waals surface area contributed by atoms with Gasteiger partial charge in [0.05, 0.1) is 12.1 Å². The minimum Gasteiger partial charge on any atom is -0.297 e. The molecule has 0 fully saturated rings. The summed E-state index contributed by atoms with van der Waals surface area (Å²) in [6, 6.07) is 2.12. The normalized spacial score (nSPS) is 14.1. The highest BCUT2D eigenvalue weighted by atomic mass is 15.0. The SMILES string of the molecule is CCCC(C)(C)NC(C)C#N. The first kappa shape index (κ1) is 10.4. The van der Waals surface area contributed by atoms with Gasteiger partial charge < -0.3 is 0 Å². The van der Waals surface area contributed by atoms with Gasteiger partial charge in [0.15, 0.2) is 0 Å². The molecular formula is C9H18N2. The molecule has 64 valence electrons. The van der Waals surface area contributed by atoms with Crippen LogP contribution in [0.3, 0.4) is 0 Å². The van der Waals surface area contributed by atoms with Gasteiger partial charge in [-0.1, -0.05) is 13.3 Å². The zero-order valence-corrected chi connectivity index (χ0v) is 7.94. The number of hydrogen-bond donors (Lipinski definition) is 1. The number of nitrogens with one attached hydrogen (secondary N) is 1. The zero-order chi connectivity index (χ0) is 8.91. The minimum atomic E-state index is -0.0449. The quantitative estimate of drug-likeness (QED) is 0.673. The van der Waals surface area contributed by atoms with Crippen LogP contribution >= 0.6 is 0 Å². The first-order valence-corrected chi connectivity index (χ1v) is 4.19. The van der Waals surface area contributed by atoms with Gasteiger partial charge in [-0.3, -0.25) is 5.32 Å². The van der Waals surface area contributed by atoms with Crippen molar-refractivity contribution in [2.75, 3.05) is 0 Å². The van der Waals surface area contributed by atoms with Crippen LogP contribution in [0, 0.1) is 11.3 Å². The highest BCUT2D eigenvalue weighted by Gasteiger charge is 2.17. The molecule has 1 unspecified atom stereocenters. The van der Waals surface area contributed by atoms with Gasteiger partial charge in [-0.25, -0.2) is 0 Å². The van der Waals surface area contributed by atoms with E-state index in [0.29, 0.717) is 0 Å². The molecular weight excluding hydrogens is 136 g/mol. The lowest BCUT2D eigenvalue weighted by Gasteiger charge is -2.27. The molecule has 0 spiro atoms. The highest BCUT2D eigenvalue weighted by molar-refractivity contribution is 4.91. The van der Waals surface area contributed by atoms with E-state index in [1.807, 2.05) is 6.92 Å². The van der Waals surface area contributed by atoms with Crippen LogP contribution in [0.15, 0.2) is 0 Å². The Morgan fingerprint density at radius 3 is 2.45 bits per heavy atom. The van der Waals surface area contributed by atoms with Crippen LogP contribution in [0.5, 0.6) is 0 Å². The van der Waals surface area contributed by atoms with Crippen molar-refractivity contribution >= 4 is 0 Å². The zero-order valence-electron chi connectivity index (χ0n) is 7.94. The fourth-order valence-corrected chi connectivity index (χ4v) is 1.32. The van der Waals surface area contributed by atoms with Crippen molar-refractivity contribution < 1.29 is 0 Å². The molecule has 2 nitrogen and oxygen atoms in total. The summed E-state index contributed by atoms with van der Waals surface area (Å²) in [4.78, 5) is 0. The molecule has 0 radical (unpaired) electrons. The van der Waals surface area contributed by atoms with Crippen molar-refractivity contribution in [1.29, 1.82) is 5.26 Å². The van der Waals surface area contributed by atoms with Gasteiger partial charge in [-0.15, -0.1) is 0 Å². The Balaban J connectivity index is 3.82. The number of hydrogen-bond acceptors (Lipinski definition) is 2. The molecule has 0 aromatic heterocycles. The lowest BCUT2D eigenvalue weighted by molar-refractivity contribution is 0.345. The van der Waals surface area contributed by atoms with E-state index < -0.39 is 0 Å². The average Bonchev–Trinajstić information content (AvgIpc) is 1.86. The maximum absolute atomic E-state index is 8.55. The lowest BCUT2D eigenvalue weighted by Crippen LogP contribution is -2.43. The molecule has 0 amide bonds. The molecule has 1 atom stereocenters. The Bertz CT molecular complexity index is 144. The molecule has 0 aliphatic heterocycles. The first-order chi connectivity index (χ1) is 5.02. The Morgan fingerprint density at radius 1 is 1.55 bits per heavy atom. The van der Waals surface area contributed by atoms with Gasteiger partial charge in [-0.05, 0) is 27.2 Å². The summed E-state index contributed by atoms with van der Waals surface area (Å²) in [7, 11) is 0. The number of nitrogens with zero attached hydrogens (tertiary/aromatic N) is 1. The van der Waals surface area contributed by atoms with Crippen LogP contribution in [0.1, 0.15) is 40.5 Å². The second kappa shape index (κ2) is 4.35. The maximum Gasteiger partial charge on any atom is 0.0928 e. The van der Waals surface area contributed by atoms with E-state index in [9.17, 15) is 0 Å². The first-order valence-electron chi connectivity index (χ1n) is 4.19. The maximum atomic E-state index is 8.55. The largest absolute Gasteiger partial charge is 0.297 e. The molecule has 0 aromatic carbocycles. The van der Waals surface area contributed by atoms with Crippen LogP contribution in [0.4, 0.5) is 0 Å². The van der Waals surface area contributed by atoms with E-state index in [4.69, 9.17) is 5.26 Å². The Morgan fingerprint density at radius 2 is 2.09 bits per heavy atom. The van der Waals surface area contributed by atoms with Crippen molar-refractivity contribution in [2.24, 2.45) is 0 Å². The summed E-state index contributed by atoms with van der Waals surface area (Å²) in [5.74, 6) is 0. The van der Waals surface area contributed by atoms with Gasteiger partial charge in [0.1, 0.15) is 0 Å². The second-order valence-electron chi connectivity index (χ2n) is 3.63.